The highest BCUT2D eigenvalue weighted by molar-refractivity contribution is 5.79. The Labute approximate surface area is 93.8 Å². The maximum Gasteiger partial charge on any atom is 0.195 e. The average molecular weight is 243 g/mol. The van der Waals surface area contributed by atoms with Gasteiger partial charge >= 0.3 is 0 Å². The van der Waals surface area contributed by atoms with E-state index in [-0.39, 0.29) is 12.1 Å². The van der Waals surface area contributed by atoms with E-state index in [0.717, 1.165) is 12.1 Å². The van der Waals surface area contributed by atoms with Crippen LogP contribution in [0, 0.1) is 17.5 Å². The molecule has 2 aromatic rings. The van der Waals surface area contributed by atoms with Gasteiger partial charge in [-0.3, -0.25) is 4.79 Å². The summed E-state index contributed by atoms with van der Waals surface area (Å²) < 4.78 is 44.1. The molecule has 1 N–H and O–H groups in total. The van der Waals surface area contributed by atoms with Gasteiger partial charge in [0.25, 0.3) is 0 Å². The Morgan fingerprint density at radius 1 is 1.24 bits per heavy atom. The molecular weight excluding hydrogens is 235 g/mol. The first-order valence-electron chi connectivity index (χ1n) is 4.73. The van der Waals surface area contributed by atoms with Crippen LogP contribution >= 0.6 is 0 Å². The summed E-state index contributed by atoms with van der Waals surface area (Å²) in [6.07, 6.45) is 0. The molecule has 0 fully saturated rings. The second-order valence-electron chi connectivity index (χ2n) is 3.50. The monoisotopic (exact) mass is 243 g/mol. The maximum atomic E-state index is 13.4. The molecule has 6 heteroatoms. The van der Waals surface area contributed by atoms with Crippen molar-refractivity contribution in [3.63, 3.8) is 0 Å². The summed E-state index contributed by atoms with van der Waals surface area (Å²) >= 11 is 0. The highest BCUT2D eigenvalue weighted by atomic mass is 19.2. The number of fused-ring (bicyclic) bond motifs is 1. The standard InChI is InChI=1S/C11H8F3NO2/c1-17-4-5-2-8(16)9-7(15-5)3-6(12)10(13)11(9)14/h2-3H,4H2,1H3,(H,15,16). The van der Waals surface area contributed by atoms with Gasteiger partial charge in [0.2, 0.25) is 0 Å². The van der Waals surface area contributed by atoms with Gasteiger partial charge in [-0.15, -0.1) is 0 Å². The van der Waals surface area contributed by atoms with E-state index in [0.29, 0.717) is 5.69 Å². The fourth-order valence-corrected chi connectivity index (χ4v) is 1.61. The molecule has 1 aromatic heterocycles. The van der Waals surface area contributed by atoms with E-state index in [1.807, 2.05) is 0 Å². The largest absolute Gasteiger partial charge is 0.378 e. The average Bonchev–Trinajstić information content (AvgIpc) is 2.25. The number of ether oxygens (including phenoxy) is 1. The van der Waals surface area contributed by atoms with Gasteiger partial charge in [-0.05, 0) is 0 Å². The van der Waals surface area contributed by atoms with E-state index in [9.17, 15) is 18.0 Å². The Kier molecular flexibility index (Phi) is 2.89. The third kappa shape index (κ3) is 1.91. The zero-order chi connectivity index (χ0) is 12.6. The summed E-state index contributed by atoms with van der Waals surface area (Å²) in [7, 11) is 1.41. The summed E-state index contributed by atoms with van der Waals surface area (Å²) in [5.41, 5.74) is -0.460. The summed E-state index contributed by atoms with van der Waals surface area (Å²) in [5.74, 6) is -4.48. The summed E-state index contributed by atoms with van der Waals surface area (Å²) in [5, 5.41) is -0.497. The molecule has 0 aliphatic heterocycles. The predicted molar refractivity (Wildman–Crippen MR) is 55.2 cm³/mol. The van der Waals surface area contributed by atoms with Gasteiger partial charge in [-0.25, -0.2) is 13.2 Å². The number of aromatic amines is 1. The Hall–Kier alpha value is -1.82. The lowest BCUT2D eigenvalue weighted by Crippen LogP contribution is -2.09. The fraction of sp³-hybridized carbons (Fsp3) is 0.182. The minimum Gasteiger partial charge on any atom is -0.378 e. The molecule has 0 aliphatic carbocycles. The highest BCUT2D eigenvalue weighted by Gasteiger charge is 2.16. The van der Waals surface area contributed by atoms with Crippen LogP contribution in [0.15, 0.2) is 16.9 Å². The van der Waals surface area contributed by atoms with Gasteiger partial charge in [-0.1, -0.05) is 0 Å². The molecule has 3 nitrogen and oxygen atoms in total. The zero-order valence-electron chi connectivity index (χ0n) is 8.81. The molecule has 0 radical (unpaired) electrons. The van der Waals surface area contributed by atoms with Crippen LogP contribution in [0.2, 0.25) is 0 Å². The van der Waals surface area contributed by atoms with Gasteiger partial charge in [0.1, 0.15) is 0 Å². The first kappa shape index (κ1) is 11.7. The van der Waals surface area contributed by atoms with Gasteiger partial charge in [0.15, 0.2) is 22.9 Å². The van der Waals surface area contributed by atoms with E-state index < -0.39 is 28.3 Å². The number of hydrogen-bond acceptors (Lipinski definition) is 2. The molecule has 0 spiro atoms. The van der Waals surface area contributed by atoms with E-state index in [2.05, 4.69) is 4.98 Å². The SMILES string of the molecule is COCc1cc(=O)c2c(F)c(F)c(F)cc2[nH]1. The number of pyridine rings is 1. The molecule has 17 heavy (non-hydrogen) atoms. The van der Waals surface area contributed by atoms with Crippen molar-refractivity contribution < 1.29 is 17.9 Å². The number of aromatic nitrogens is 1. The van der Waals surface area contributed by atoms with Crippen molar-refractivity contribution in [2.45, 2.75) is 6.61 Å². The van der Waals surface area contributed by atoms with E-state index in [1.165, 1.54) is 7.11 Å². The van der Waals surface area contributed by atoms with Crippen LogP contribution < -0.4 is 5.43 Å². The normalized spacial score (nSPS) is 11.1. The highest BCUT2D eigenvalue weighted by Crippen LogP contribution is 2.19. The molecule has 1 heterocycles. The van der Waals surface area contributed by atoms with E-state index >= 15 is 0 Å². The van der Waals surface area contributed by atoms with Crippen LogP contribution in [-0.2, 0) is 11.3 Å². The van der Waals surface area contributed by atoms with Crippen LogP contribution in [0.4, 0.5) is 13.2 Å². The minimum absolute atomic E-state index is 0.0891. The van der Waals surface area contributed by atoms with Gasteiger partial charge in [0, 0.05) is 24.9 Å². The molecule has 0 unspecified atom stereocenters. The molecule has 0 atom stereocenters. The lowest BCUT2D eigenvalue weighted by atomic mass is 10.1. The second-order valence-corrected chi connectivity index (χ2v) is 3.50. The molecule has 90 valence electrons. The molecule has 0 amide bonds. The second kappa shape index (κ2) is 4.21. The van der Waals surface area contributed by atoms with Gasteiger partial charge < -0.3 is 9.72 Å². The Morgan fingerprint density at radius 3 is 2.59 bits per heavy atom. The number of nitrogens with one attached hydrogen (secondary N) is 1. The Bertz CT molecular complexity index is 637. The third-order valence-corrected chi connectivity index (χ3v) is 2.31. The molecule has 0 saturated carbocycles. The molecule has 2 rings (SSSR count). The van der Waals surface area contributed by atoms with Crippen molar-refractivity contribution in [2.24, 2.45) is 0 Å². The fourth-order valence-electron chi connectivity index (χ4n) is 1.61. The van der Waals surface area contributed by atoms with Gasteiger partial charge in [0.05, 0.1) is 17.5 Å². The third-order valence-electron chi connectivity index (χ3n) is 2.31. The van der Waals surface area contributed by atoms with Crippen LogP contribution in [0.5, 0.6) is 0 Å². The lowest BCUT2D eigenvalue weighted by Gasteiger charge is -2.05. The summed E-state index contributed by atoms with van der Waals surface area (Å²) in [6, 6.07) is 1.83. The quantitative estimate of drug-likeness (QED) is 0.820. The molecule has 0 bridgehead atoms. The molecule has 0 saturated heterocycles. The summed E-state index contributed by atoms with van der Waals surface area (Å²) in [4.78, 5) is 14.2. The Morgan fingerprint density at radius 2 is 1.94 bits per heavy atom. The smallest absolute Gasteiger partial charge is 0.195 e. The molecule has 0 aliphatic rings. The van der Waals surface area contributed by atoms with Crippen LogP contribution in [0.25, 0.3) is 10.9 Å². The first-order chi connectivity index (χ1) is 8.04. The van der Waals surface area contributed by atoms with Crippen molar-refractivity contribution in [2.75, 3.05) is 7.11 Å². The van der Waals surface area contributed by atoms with Crippen LogP contribution in [0.3, 0.4) is 0 Å². The van der Waals surface area contributed by atoms with Crippen molar-refractivity contribution in [1.82, 2.24) is 4.98 Å². The predicted octanol–water partition coefficient (Wildman–Crippen LogP) is 2.09. The van der Waals surface area contributed by atoms with Crippen molar-refractivity contribution in [3.05, 3.63) is 45.5 Å². The number of methoxy groups -OCH3 is 1. The zero-order valence-corrected chi connectivity index (χ0v) is 8.81. The van der Waals surface area contributed by atoms with Crippen LogP contribution in [0.1, 0.15) is 5.69 Å². The van der Waals surface area contributed by atoms with Crippen molar-refractivity contribution in [3.8, 4) is 0 Å². The summed E-state index contributed by atoms with van der Waals surface area (Å²) in [6.45, 7) is 0.0891. The number of benzene rings is 1. The van der Waals surface area contributed by atoms with Gasteiger partial charge in [-0.2, -0.15) is 0 Å². The minimum atomic E-state index is -1.65. The topological polar surface area (TPSA) is 42.1 Å². The number of halogens is 3. The Balaban J connectivity index is 2.82. The maximum absolute atomic E-state index is 13.4. The molecule has 1 aromatic carbocycles. The first-order valence-corrected chi connectivity index (χ1v) is 4.73. The van der Waals surface area contributed by atoms with Crippen molar-refractivity contribution >= 4 is 10.9 Å². The lowest BCUT2D eigenvalue weighted by molar-refractivity contribution is 0.181. The van der Waals surface area contributed by atoms with E-state index in [1.54, 1.807) is 0 Å². The number of rotatable bonds is 2. The van der Waals surface area contributed by atoms with Crippen LogP contribution in [-0.4, -0.2) is 12.1 Å². The van der Waals surface area contributed by atoms with Crippen molar-refractivity contribution in [1.29, 1.82) is 0 Å². The number of hydrogen-bond donors (Lipinski definition) is 1. The van der Waals surface area contributed by atoms with E-state index in [4.69, 9.17) is 4.74 Å². The number of H-pyrrole nitrogens is 1. The molecular formula is C11H8F3NO2.